The Bertz CT molecular complexity index is 673. The SMILES string of the molecule is CC(c1ccccc1Cl)N(C)c1c(Cl)cccc1C(=O)O. The second kappa shape index (κ2) is 6.37. The van der Waals surface area contributed by atoms with Crippen molar-refractivity contribution < 1.29 is 9.90 Å². The molecule has 0 radical (unpaired) electrons. The second-order valence-electron chi connectivity index (χ2n) is 4.75. The van der Waals surface area contributed by atoms with Crippen LogP contribution in [0.3, 0.4) is 0 Å². The molecule has 0 saturated carbocycles. The van der Waals surface area contributed by atoms with Crippen molar-refractivity contribution in [1.29, 1.82) is 0 Å². The minimum Gasteiger partial charge on any atom is -0.478 e. The molecule has 0 fully saturated rings. The van der Waals surface area contributed by atoms with E-state index in [2.05, 4.69) is 0 Å². The Balaban J connectivity index is 2.48. The van der Waals surface area contributed by atoms with Crippen LogP contribution in [0.5, 0.6) is 0 Å². The summed E-state index contributed by atoms with van der Waals surface area (Å²) in [6.07, 6.45) is 0. The summed E-state index contributed by atoms with van der Waals surface area (Å²) in [5.41, 5.74) is 1.57. The summed E-state index contributed by atoms with van der Waals surface area (Å²) in [7, 11) is 1.81. The normalized spacial score (nSPS) is 12.0. The van der Waals surface area contributed by atoms with Gasteiger partial charge in [-0.25, -0.2) is 4.79 Å². The van der Waals surface area contributed by atoms with Gasteiger partial charge in [0.2, 0.25) is 0 Å². The third kappa shape index (κ3) is 3.14. The van der Waals surface area contributed by atoms with E-state index in [1.54, 1.807) is 18.2 Å². The van der Waals surface area contributed by atoms with Crippen LogP contribution in [0.15, 0.2) is 42.5 Å². The first-order valence-corrected chi connectivity index (χ1v) is 7.18. The zero-order chi connectivity index (χ0) is 15.6. The van der Waals surface area contributed by atoms with Gasteiger partial charge in [0.25, 0.3) is 0 Å². The summed E-state index contributed by atoms with van der Waals surface area (Å²) in [6.45, 7) is 1.95. The first kappa shape index (κ1) is 15.7. The molecule has 0 aromatic heterocycles. The van der Waals surface area contributed by atoms with Crippen LogP contribution in [0, 0.1) is 0 Å². The average Bonchev–Trinajstić information content (AvgIpc) is 2.46. The van der Waals surface area contributed by atoms with E-state index in [0.717, 1.165) is 5.56 Å². The van der Waals surface area contributed by atoms with Crippen LogP contribution in [0.2, 0.25) is 10.0 Å². The second-order valence-corrected chi connectivity index (χ2v) is 5.56. The number of carboxylic acids is 1. The van der Waals surface area contributed by atoms with E-state index in [9.17, 15) is 9.90 Å². The highest BCUT2D eigenvalue weighted by molar-refractivity contribution is 6.34. The number of carboxylic acid groups (broad SMARTS) is 1. The molecule has 21 heavy (non-hydrogen) atoms. The molecule has 1 N–H and O–H groups in total. The molecule has 2 aromatic carbocycles. The Morgan fingerprint density at radius 2 is 1.71 bits per heavy atom. The quantitative estimate of drug-likeness (QED) is 0.870. The lowest BCUT2D eigenvalue weighted by molar-refractivity contribution is 0.0697. The van der Waals surface area contributed by atoms with Gasteiger partial charge in [0.1, 0.15) is 0 Å². The summed E-state index contributed by atoms with van der Waals surface area (Å²) < 4.78 is 0. The maximum Gasteiger partial charge on any atom is 0.337 e. The maximum absolute atomic E-state index is 11.4. The van der Waals surface area contributed by atoms with Crippen molar-refractivity contribution in [2.75, 3.05) is 11.9 Å². The van der Waals surface area contributed by atoms with Gasteiger partial charge >= 0.3 is 5.97 Å². The number of hydrogen-bond donors (Lipinski definition) is 1. The molecule has 3 nitrogen and oxygen atoms in total. The van der Waals surface area contributed by atoms with Gasteiger partial charge in [-0.1, -0.05) is 47.5 Å². The lowest BCUT2D eigenvalue weighted by Gasteiger charge is -2.30. The van der Waals surface area contributed by atoms with Crippen molar-refractivity contribution >= 4 is 34.9 Å². The number of halogens is 2. The summed E-state index contributed by atoms with van der Waals surface area (Å²) in [5.74, 6) is -1.01. The van der Waals surface area contributed by atoms with Crippen LogP contribution < -0.4 is 4.90 Å². The summed E-state index contributed by atoms with van der Waals surface area (Å²) in [6, 6.07) is 12.2. The van der Waals surface area contributed by atoms with Crippen LogP contribution in [0.4, 0.5) is 5.69 Å². The fourth-order valence-corrected chi connectivity index (χ4v) is 2.86. The summed E-state index contributed by atoms with van der Waals surface area (Å²) in [5, 5.41) is 10.4. The number of carbonyl (C=O) groups is 1. The highest BCUT2D eigenvalue weighted by atomic mass is 35.5. The predicted octanol–water partition coefficient (Wildman–Crippen LogP) is 4.89. The lowest BCUT2D eigenvalue weighted by atomic mass is 10.0. The minimum absolute atomic E-state index is 0.114. The number of rotatable bonds is 4. The Morgan fingerprint density at radius 3 is 2.33 bits per heavy atom. The summed E-state index contributed by atoms with van der Waals surface area (Å²) in [4.78, 5) is 13.2. The molecule has 0 amide bonds. The number of para-hydroxylation sites is 1. The van der Waals surface area contributed by atoms with Gasteiger partial charge in [0.05, 0.1) is 22.3 Å². The standard InChI is InChI=1S/C16H15Cl2NO2/c1-10(11-6-3-4-8-13(11)17)19(2)15-12(16(20)21)7-5-9-14(15)18/h3-10H,1-2H3,(H,20,21). The highest BCUT2D eigenvalue weighted by Crippen LogP contribution is 2.36. The van der Waals surface area contributed by atoms with Crippen LogP contribution in [0.1, 0.15) is 28.9 Å². The predicted molar refractivity (Wildman–Crippen MR) is 86.7 cm³/mol. The van der Waals surface area contributed by atoms with Gasteiger partial charge in [-0.3, -0.25) is 0 Å². The van der Waals surface area contributed by atoms with Crippen molar-refractivity contribution in [3.63, 3.8) is 0 Å². The lowest BCUT2D eigenvalue weighted by Crippen LogP contribution is -2.24. The van der Waals surface area contributed by atoms with Gasteiger partial charge in [-0.15, -0.1) is 0 Å². The van der Waals surface area contributed by atoms with Crippen molar-refractivity contribution in [3.8, 4) is 0 Å². The molecule has 0 aliphatic carbocycles. The van der Waals surface area contributed by atoms with Gasteiger partial charge < -0.3 is 10.0 Å². The van der Waals surface area contributed by atoms with Crippen LogP contribution in [-0.2, 0) is 0 Å². The molecule has 1 unspecified atom stereocenters. The Kier molecular flexibility index (Phi) is 4.76. The maximum atomic E-state index is 11.4. The highest BCUT2D eigenvalue weighted by Gasteiger charge is 2.22. The smallest absolute Gasteiger partial charge is 0.337 e. The molecule has 2 rings (SSSR count). The summed E-state index contributed by atoms with van der Waals surface area (Å²) >= 11 is 12.4. The molecule has 2 aromatic rings. The molecule has 0 aliphatic heterocycles. The first-order valence-electron chi connectivity index (χ1n) is 6.42. The van der Waals surface area contributed by atoms with Gasteiger partial charge in [0.15, 0.2) is 0 Å². The van der Waals surface area contributed by atoms with E-state index in [1.165, 1.54) is 0 Å². The third-order valence-electron chi connectivity index (χ3n) is 3.51. The monoisotopic (exact) mass is 323 g/mol. The number of benzene rings is 2. The van der Waals surface area contributed by atoms with E-state index in [0.29, 0.717) is 15.7 Å². The minimum atomic E-state index is -1.01. The molecule has 110 valence electrons. The van der Waals surface area contributed by atoms with Crippen molar-refractivity contribution in [2.45, 2.75) is 13.0 Å². The Morgan fingerprint density at radius 1 is 1.10 bits per heavy atom. The number of aromatic carboxylic acids is 1. The van der Waals surface area contributed by atoms with Crippen LogP contribution >= 0.6 is 23.2 Å². The van der Waals surface area contributed by atoms with E-state index < -0.39 is 5.97 Å². The molecular weight excluding hydrogens is 309 g/mol. The zero-order valence-electron chi connectivity index (χ0n) is 11.7. The largest absolute Gasteiger partial charge is 0.478 e. The molecule has 5 heteroatoms. The third-order valence-corrected chi connectivity index (χ3v) is 4.16. The molecule has 0 heterocycles. The van der Waals surface area contributed by atoms with Gasteiger partial charge in [-0.2, -0.15) is 0 Å². The van der Waals surface area contributed by atoms with Crippen molar-refractivity contribution in [1.82, 2.24) is 0 Å². The van der Waals surface area contributed by atoms with E-state index in [-0.39, 0.29) is 11.6 Å². The molecule has 0 saturated heterocycles. The van der Waals surface area contributed by atoms with Gasteiger partial charge in [0, 0.05) is 12.1 Å². The van der Waals surface area contributed by atoms with E-state index >= 15 is 0 Å². The fraction of sp³-hybridized carbons (Fsp3) is 0.188. The molecule has 0 bridgehead atoms. The number of hydrogen-bond acceptors (Lipinski definition) is 2. The Labute approximate surface area is 133 Å². The number of anilines is 1. The van der Waals surface area contributed by atoms with E-state index in [1.807, 2.05) is 43.1 Å². The van der Waals surface area contributed by atoms with Crippen LogP contribution in [0.25, 0.3) is 0 Å². The average molecular weight is 324 g/mol. The topological polar surface area (TPSA) is 40.5 Å². The molecule has 1 atom stereocenters. The zero-order valence-corrected chi connectivity index (χ0v) is 13.2. The number of nitrogens with zero attached hydrogens (tertiary/aromatic N) is 1. The molecule has 0 aliphatic rings. The van der Waals surface area contributed by atoms with Crippen LogP contribution in [-0.4, -0.2) is 18.1 Å². The fourth-order valence-electron chi connectivity index (χ4n) is 2.26. The van der Waals surface area contributed by atoms with Crippen molar-refractivity contribution in [2.24, 2.45) is 0 Å². The first-order chi connectivity index (χ1) is 9.93. The molecule has 0 spiro atoms. The molecular formula is C16H15Cl2NO2. The Hall–Kier alpha value is -1.71. The van der Waals surface area contributed by atoms with Crippen molar-refractivity contribution in [3.05, 3.63) is 63.6 Å². The van der Waals surface area contributed by atoms with E-state index in [4.69, 9.17) is 23.2 Å². The van der Waals surface area contributed by atoms with Gasteiger partial charge in [-0.05, 0) is 30.7 Å².